The molecule has 0 aliphatic carbocycles. The molecule has 17 aromatic rings. The second kappa shape index (κ2) is 58.1. The molecule has 6 radical (unpaired) electrons. The SMILES string of the molecule is CC(=O)C=C(C)O.CC(=O)C=C(C)O.CC(=O)C=C(C)O.Cc1c[c-]c(-c2nccc3ccccc23)cc1.Cc1cc(-c2nccc3ccccc23)[c-]cc1F.Cc1cccnc1-c1[c-]cccc1.[Ir].[Ir].[Ir].[Ir].[Ir].[Ir].[c-]1ccc(-c2ccccc2)cc1-c1ccccn1.[c-]1ccccc1-c1nccc2ccccc12.[c-]1ccccc1-c1nccc2ccccc12. The summed E-state index contributed by atoms with van der Waals surface area (Å²) in [6.07, 6.45) is 14.4. The average molecular weight is 2720 g/mol. The topological polar surface area (TPSA) is 189 Å². The number of benzene rings is 11. The average Bonchev–Trinajstić information content (AvgIpc) is 0.938. The maximum atomic E-state index is 13.3. The zero-order chi connectivity index (χ0) is 84.7. The molecule has 19 heteroatoms. The summed E-state index contributed by atoms with van der Waals surface area (Å²) in [7, 11) is 0. The largest absolute Gasteiger partial charge is 0.512 e. The Bertz CT molecular complexity index is 5970. The molecule has 0 fully saturated rings. The van der Waals surface area contributed by atoms with Crippen molar-refractivity contribution in [2.45, 2.75) is 62.3 Å². The van der Waals surface area contributed by atoms with Crippen molar-refractivity contribution in [1.82, 2.24) is 29.9 Å². The molecular weight excluding hydrogens is 2630 g/mol. The third-order valence-corrected chi connectivity index (χ3v) is 17.3. The molecule has 6 heterocycles. The van der Waals surface area contributed by atoms with Crippen LogP contribution in [0, 0.1) is 63.0 Å². The number of hydrogen-bond acceptors (Lipinski definition) is 12. The van der Waals surface area contributed by atoms with Crippen LogP contribution >= 0.6 is 0 Å². The van der Waals surface area contributed by atoms with Gasteiger partial charge in [0.25, 0.3) is 0 Å². The van der Waals surface area contributed by atoms with E-state index in [9.17, 15) is 18.8 Å². The van der Waals surface area contributed by atoms with E-state index in [-0.39, 0.29) is 161 Å². The van der Waals surface area contributed by atoms with Crippen molar-refractivity contribution in [2.24, 2.45) is 0 Å². The smallest absolute Gasteiger partial charge is 0.155 e. The summed E-state index contributed by atoms with van der Waals surface area (Å²) in [5.41, 5.74) is 17.3. The van der Waals surface area contributed by atoms with Crippen LogP contribution in [0.25, 0.3) is 122 Å². The summed E-state index contributed by atoms with van der Waals surface area (Å²) in [4.78, 5) is 56.5. The minimum atomic E-state index is -0.237. The van der Waals surface area contributed by atoms with Gasteiger partial charge in [0.15, 0.2) is 17.3 Å². The number of ketones is 3. The fourth-order valence-corrected chi connectivity index (χ4v) is 11.9. The normalized spacial score (nSPS) is 10.1. The predicted molar refractivity (Wildman–Crippen MR) is 482 cm³/mol. The van der Waals surface area contributed by atoms with Gasteiger partial charge < -0.3 is 45.2 Å². The summed E-state index contributed by atoms with van der Waals surface area (Å²) >= 11 is 0. The van der Waals surface area contributed by atoms with E-state index < -0.39 is 0 Å². The zero-order valence-electron chi connectivity index (χ0n) is 69.7. The Kier molecular flexibility index (Phi) is 50.2. The molecule has 0 spiro atoms. The van der Waals surface area contributed by atoms with Gasteiger partial charge in [-0.1, -0.05) is 171 Å². The molecule has 0 aliphatic heterocycles. The van der Waals surface area contributed by atoms with E-state index in [4.69, 9.17) is 15.3 Å². The first kappa shape index (κ1) is 108. The van der Waals surface area contributed by atoms with Crippen molar-refractivity contribution in [3.8, 4) is 78.7 Å². The first-order valence-electron chi connectivity index (χ1n) is 38.2. The fourth-order valence-electron chi connectivity index (χ4n) is 11.9. The third-order valence-electron chi connectivity index (χ3n) is 17.3. The van der Waals surface area contributed by atoms with E-state index in [1.807, 2.05) is 237 Å². The Morgan fingerprint density at radius 2 is 0.640 bits per heavy atom. The van der Waals surface area contributed by atoms with Crippen LogP contribution in [0.3, 0.4) is 0 Å². The molecule has 0 unspecified atom stereocenters. The van der Waals surface area contributed by atoms with E-state index in [1.54, 1.807) is 25.4 Å². The van der Waals surface area contributed by atoms with Crippen molar-refractivity contribution < 1.29 is 155 Å². The number of aliphatic hydroxyl groups excluding tert-OH is 3. The number of carbonyl (C=O) groups is 3. The minimum absolute atomic E-state index is 0. The van der Waals surface area contributed by atoms with E-state index in [2.05, 4.69) is 159 Å². The molecule has 0 atom stereocenters. The summed E-state index contributed by atoms with van der Waals surface area (Å²) in [6, 6.07) is 119. The number of hydrogen-bond donors (Lipinski definition) is 3. The van der Waals surface area contributed by atoms with Crippen LogP contribution in [0.1, 0.15) is 58.2 Å². The number of allylic oxidation sites excluding steroid dienone is 6. The number of halogens is 1. The first-order chi connectivity index (χ1) is 57.7. The third kappa shape index (κ3) is 35.8. The van der Waals surface area contributed by atoms with E-state index in [0.717, 1.165) is 78.3 Å². The number of aryl methyl sites for hydroxylation is 3. The molecule has 0 bridgehead atoms. The molecule has 125 heavy (non-hydrogen) atoms. The maximum absolute atomic E-state index is 13.3. The molecular formula is C106H89FIr6N6O6-6. The second-order valence-electron chi connectivity index (χ2n) is 26.9. The standard InChI is InChI=1S/C17H12N.C16H11FN.C16H12N.2C15H10N.C12H10N.3C5H8O2.6Ir/c1-2-7-14(8-3-1)15-9-6-10-16(13-15)17-11-4-5-12-18-17;1-11-10-13(6-7-15(11)17)16-14-5-3-2-4-12(14)8-9-18-16;1-12-6-8-14(9-7-12)16-15-5-3-2-4-13(15)10-11-17-16;2*1-2-7-13(8-3-1)15-14-9-5-4-6-12(14)10-11-16-15;1-10-6-5-9-13-12(10)11-7-3-2-4-8-11;3*1-4(6)3-5(2)7;;;;;;/h1-9,11-13H;2-5,7-10H,1H3;2-8,10-11H,1H3;2*1-7,9-11H;2-7,9H,1H3;3*3,6H,1-2H3;;;;;;/q6*-1;;;;;;;;;. The molecule has 6 aromatic heterocycles. The Morgan fingerprint density at radius 1 is 0.288 bits per heavy atom. The Balaban J connectivity index is 0.000000368. The molecule has 3 N–H and O–H groups in total. The van der Waals surface area contributed by atoms with Crippen LogP contribution in [-0.4, -0.2) is 62.6 Å². The molecule has 0 aliphatic rings. The van der Waals surface area contributed by atoms with Gasteiger partial charge in [-0.15, -0.1) is 202 Å². The number of fused-ring (bicyclic) bond motifs is 4. The number of pyridine rings is 6. The van der Waals surface area contributed by atoms with Gasteiger partial charge >= 0.3 is 0 Å². The second-order valence-corrected chi connectivity index (χ2v) is 26.9. The summed E-state index contributed by atoms with van der Waals surface area (Å²) < 4.78 is 13.3. The number of carbonyl (C=O) groups excluding carboxylic acids is 3. The summed E-state index contributed by atoms with van der Waals surface area (Å²) in [6.45, 7) is 14.4. The van der Waals surface area contributed by atoms with Gasteiger partial charge in [0.2, 0.25) is 0 Å². The van der Waals surface area contributed by atoms with Crippen molar-refractivity contribution in [3.05, 3.63) is 435 Å². The van der Waals surface area contributed by atoms with Crippen molar-refractivity contribution in [1.29, 1.82) is 0 Å². The number of rotatable bonds is 10. The van der Waals surface area contributed by atoms with Crippen LogP contribution in [0.4, 0.5) is 4.39 Å². The van der Waals surface area contributed by atoms with Gasteiger partial charge in [0.05, 0.1) is 17.3 Å². The van der Waals surface area contributed by atoms with Crippen LogP contribution in [0.15, 0.2) is 376 Å². The molecule has 646 valence electrons. The zero-order valence-corrected chi connectivity index (χ0v) is 84.1. The van der Waals surface area contributed by atoms with Crippen LogP contribution < -0.4 is 0 Å². The molecule has 12 nitrogen and oxygen atoms in total. The quantitative estimate of drug-likeness (QED) is 0.0668. The van der Waals surface area contributed by atoms with Gasteiger partial charge in [-0.2, -0.15) is 0 Å². The van der Waals surface area contributed by atoms with E-state index in [0.29, 0.717) is 5.56 Å². The monoisotopic (exact) mass is 2720 g/mol. The molecule has 17 rings (SSSR count). The van der Waals surface area contributed by atoms with Gasteiger partial charge in [-0.25, -0.2) is 0 Å². The number of nitrogens with zero attached hydrogens (tertiary/aromatic N) is 6. The number of aliphatic hydroxyl groups is 3. The van der Waals surface area contributed by atoms with Gasteiger partial charge in [0.1, 0.15) is 0 Å². The van der Waals surface area contributed by atoms with Gasteiger partial charge in [-0.05, 0) is 168 Å². The minimum Gasteiger partial charge on any atom is -0.512 e. The van der Waals surface area contributed by atoms with Crippen molar-refractivity contribution >= 4 is 60.4 Å². The van der Waals surface area contributed by atoms with Gasteiger partial charge in [0, 0.05) is 182 Å². The van der Waals surface area contributed by atoms with E-state index in [1.165, 1.54) is 120 Å². The van der Waals surface area contributed by atoms with Crippen molar-refractivity contribution in [3.63, 3.8) is 0 Å². The van der Waals surface area contributed by atoms with Crippen LogP contribution in [0.5, 0.6) is 0 Å². The van der Waals surface area contributed by atoms with E-state index >= 15 is 0 Å². The summed E-state index contributed by atoms with van der Waals surface area (Å²) in [5.74, 6) is -0.425. The fraction of sp³-hybridized carbons (Fsp3) is 0.0849. The van der Waals surface area contributed by atoms with Gasteiger partial charge in [-0.3, -0.25) is 18.8 Å². The van der Waals surface area contributed by atoms with Crippen LogP contribution in [0.2, 0.25) is 0 Å². The first-order valence-corrected chi connectivity index (χ1v) is 38.2. The Morgan fingerprint density at radius 3 is 0.992 bits per heavy atom. The van der Waals surface area contributed by atoms with Crippen molar-refractivity contribution in [2.75, 3.05) is 0 Å². The Hall–Kier alpha value is -11.2. The molecule has 0 amide bonds. The number of aromatic nitrogens is 6. The summed E-state index contributed by atoms with van der Waals surface area (Å²) in [5, 5.41) is 34.4. The molecule has 0 saturated carbocycles. The van der Waals surface area contributed by atoms with Crippen LogP contribution in [-0.2, 0) is 135 Å². The molecule has 0 saturated heterocycles. The molecule has 11 aromatic carbocycles. The maximum Gasteiger partial charge on any atom is 0.155 e. The predicted octanol–water partition coefficient (Wildman–Crippen LogP) is 25.7. The Labute approximate surface area is 813 Å².